The van der Waals surface area contributed by atoms with Gasteiger partial charge in [-0.05, 0) is 110 Å². The van der Waals surface area contributed by atoms with Gasteiger partial charge in [-0.2, -0.15) is 0 Å². The smallest absolute Gasteiger partial charge is 0.126 e. The van der Waals surface area contributed by atoms with E-state index in [9.17, 15) is 0 Å². The molecule has 0 spiro atoms. The number of hydrogen-bond acceptors (Lipinski definition) is 2. The summed E-state index contributed by atoms with van der Waals surface area (Å²) in [4.78, 5) is 0. The third kappa shape index (κ3) is 4.92. The van der Waals surface area contributed by atoms with E-state index in [1.807, 2.05) is 6.07 Å². The van der Waals surface area contributed by atoms with E-state index in [1.165, 1.54) is 0 Å². The van der Waals surface area contributed by atoms with Gasteiger partial charge in [-0.15, -0.1) is 0 Å². The summed E-state index contributed by atoms with van der Waals surface area (Å²) in [5, 5.41) is 7.43. The third-order valence-electron chi connectivity index (χ3n) is 6.32. The van der Waals surface area contributed by atoms with Gasteiger partial charge in [0.2, 0.25) is 0 Å². The second kappa shape index (κ2) is 6.56. The molecule has 0 atom stereocenters. The van der Waals surface area contributed by atoms with Crippen LogP contribution in [0.2, 0.25) is 0 Å². The summed E-state index contributed by atoms with van der Waals surface area (Å²) in [5.74, 6) is 0.659. The zero-order chi connectivity index (χ0) is 20.3. The SMILES string of the molecule is CC1(C)CC(c2ccc(C3CC(C)(C)NC(C)(C)C3)c(F)c2)CC(C)(C)N1. The minimum atomic E-state index is -0.0138. The average Bonchev–Trinajstić information content (AvgIpc) is 2.40. The lowest BCUT2D eigenvalue weighted by molar-refractivity contribution is 0.158. The van der Waals surface area contributed by atoms with Crippen LogP contribution in [0, 0.1) is 5.82 Å². The minimum Gasteiger partial charge on any atom is -0.307 e. The first kappa shape index (κ1) is 20.8. The lowest BCUT2D eigenvalue weighted by Crippen LogP contribution is -2.57. The molecule has 152 valence electrons. The van der Waals surface area contributed by atoms with Crippen molar-refractivity contribution in [2.24, 2.45) is 0 Å². The Morgan fingerprint density at radius 1 is 0.704 bits per heavy atom. The van der Waals surface area contributed by atoms with Crippen LogP contribution in [0.5, 0.6) is 0 Å². The zero-order valence-electron chi connectivity index (χ0n) is 18.6. The predicted octanol–water partition coefficient (Wildman–Crippen LogP) is 5.87. The molecule has 0 unspecified atom stereocenters. The lowest BCUT2D eigenvalue weighted by atomic mass is 9.71. The summed E-state index contributed by atoms with van der Waals surface area (Å²) in [6.45, 7) is 17.9. The van der Waals surface area contributed by atoms with Crippen molar-refractivity contribution in [2.45, 2.75) is 115 Å². The molecule has 0 radical (unpaired) electrons. The summed E-state index contributed by atoms with van der Waals surface area (Å²) in [5.41, 5.74) is 2.26. The third-order valence-corrected chi connectivity index (χ3v) is 6.32. The Hall–Kier alpha value is -0.930. The van der Waals surface area contributed by atoms with Gasteiger partial charge < -0.3 is 10.6 Å². The van der Waals surface area contributed by atoms with E-state index in [4.69, 9.17) is 0 Å². The maximum atomic E-state index is 15.2. The Bertz CT molecular complexity index is 670. The summed E-state index contributed by atoms with van der Waals surface area (Å²) >= 11 is 0. The molecule has 0 bridgehead atoms. The Kier molecular flexibility index (Phi) is 5.05. The van der Waals surface area contributed by atoms with Gasteiger partial charge in [0.15, 0.2) is 0 Å². The van der Waals surface area contributed by atoms with Crippen molar-refractivity contribution in [1.82, 2.24) is 10.6 Å². The molecule has 0 aromatic heterocycles. The van der Waals surface area contributed by atoms with E-state index in [0.717, 1.165) is 36.8 Å². The van der Waals surface area contributed by atoms with Crippen LogP contribution in [0.25, 0.3) is 0 Å². The molecule has 1 aromatic rings. The highest BCUT2D eigenvalue weighted by Crippen LogP contribution is 2.42. The molecule has 2 nitrogen and oxygen atoms in total. The molecule has 2 saturated heterocycles. The standard InChI is InChI=1S/C24H39FN2/c1-21(2)12-17(13-22(3,4)26-21)16-9-10-19(20(25)11-16)18-14-23(5,6)27-24(7,8)15-18/h9-11,17-18,26-27H,12-15H2,1-8H3. The second-order valence-corrected chi connectivity index (χ2v) is 11.8. The van der Waals surface area contributed by atoms with E-state index in [0.29, 0.717) is 5.92 Å². The van der Waals surface area contributed by atoms with Crippen LogP contribution in [-0.2, 0) is 0 Å². The number of piperidine rings is 2. The highest BCUT2D eigenvalue weighted by Gasteiger charge is 2.40. The second-order valence-electron chi connectivity index (χ2n) is 11.8. The van der Waals surface area contributed by atoms with Gasteiger partial charge in [-0.25, -0.2) is 4.39 Å². The van der Waals surface area contributed by atoms with Crippen LogP contribution in [0.3, 0.4) is 0 Å². The van der Waals surface area contributed by atoms with Gasteiger partial charge in [0, 0.05) is 22.2 Å². The fourth-order valence-electron chi connectivity index (χ4n) is 6.23. The molecule has 2 aliphatic heterocycles. The molecule has 2 N–H and O–H groups in total. The first-order chi connectivity index (χ1) is 12.2. The number of hydrogen-bond donors (Lipinski definition) is 2. The van der Waals surface area contributed by atoms with Crippen LogP contribution in [0.4, 0.5) is 4.39 Å². The quantitative estimate of drug-likeness (QED) is 0.676. The molecular weight excluding hydrogens is 335 g/mol. The van der Waals surface area contributed by atoms with Gasteiger partial charge in [-0.1, -0.05) is 12.1 Å². The molecule has 0 aliphatic carbocycles. The van der Waals surface area contributed by atoms with Crippen molar-refractivity contribution in [1.29, 1.82) is 0 Å². The van der Waals surface area contributed by atoms with Gasteiger partial charge in [0.1, 0.15) is 5.82 Å². The summed E-state index contributed by atoms with van der Waals surface area (Å²) < 4.78 is 15.2. The molecule has 0 amide bonds. The fourth-order valence-corrected chi connectivity index (χ4v) is 6.23. The van der Waals surface area contributed by atoms with E-state index >= 15 is 4.39 Å². The molecule has 1 aromatic carbocycles. The van der Waals surface area contributed by atoms with Gasteiger partial charge in [-0.3, -0.25) is 0 Å². The molecule has 2 heterocycles. The van der Waals surface area contributed by atoms with Crippen LogP contribution in [0.15, 0.2) is 18.2 Å². The summed E-state index contributed by atoms with van der Waals surface area (Å²) in [6, 6.07) is 6.11. The van der Waals surface area contributed by atoms with Crippen LogP contribution in [-0.4, -0.2) is 22.2 Å². The van der Waals surface area contributed by atoms with Crippen molar-refractivity contribution >= 4 is 0 Å². The number of rotatable bonds is 2. The monoisotopic (exact) mass is 374 g/mol. The van der Waals surface area contributed by atoms with Crippen molar-refractivity contribution in [3.05, 3.63) is 35.1 Å². The van der Waals surface area contributed by atoms with E-state index < -0.39 is 0 Å². The zero-order valence-corrected chi connectivity index (χ0v) is 18.6. The minimum absolute atomic E-state index is 0.0138. The van der Waals surface area contributed by atoms with Crippen LogP contribution < -0.4 is 10.6 Å². The lowest BCUT2D eigenvalue weighted by Gasteiger charge is -2.47. The number of nitrogens with one attached hydrogen (secondary N) is 2. The normalized spacial score (nSPS) is 27.4. The first-order valence-electron chi connectivity index (χ1n) is 10.6. The predicted molar refractivity (Wildman–Crippen MR) is 113 cm³/mol. The molecular formula is C24H39FN2. The maximum absolute atomic E-state index is 15.2. The molecule has 2 aliphatic rings. The van der Waals surface area contributed by atoms with E-state index in [2.05, 4.69) is 78.2 Å². The molecule has 0 saturated carbocycles. The molecule has 2 fully saturated rings. The Morgan fingerprint density at radius 2 is 1.11 bits per heavy atom. The van der Waals surface area contributed by atoms with Gasteiger partial charge in [0.25, 0.3) is 0 Å². The molecule has 3 rings (SSSR count). The van der Waals surface area contributed by atoms with Gasteiger partial charge in [0.05, 0.1) is 0 Å². The molecule has 27 heavy (non-hydrogen) atoms. The first-order valence-corrected chi connectivity index (χ1v) is 10.6. The summed E-state index contributed by atoms with van der Waals surface area (Å²) in [6.07, 6.45) is 4.03. The van der Waals surface area contributed by atoms with Crippen LogP contribution in [0.1, 0.15) is 104 Å². The number of benzene rings is 1. The number of halogens is 1. The maximum Gasteiger partial charge on any atom is 0.126 e. The summed E-state index contributed by atoms with van der Waals surface area (Å²) in [7, 11) is 0. The van der Waals surface area contributed by atoms with Crippen molar-refractivity contribution in [2.75, 3.05) is 0 Å². The highest BCUT2D eigenvalue weighted by atomic mass is 19.1. The Morgan fingerprint density at radius 3 is 1.52 bits per heavy atom. The van der Waals surface area contributed by atoms with Crippen molar-refractivity contribution in [3.8, 4) is 0 Å². The topological polar surface area (TPSA) is 24.1 Å². The van der Waals surface area contributed by atoms with E-state index in [1.54, 1.807) is 0 Å². The van der Waals surface area contributed by atoms with Crippen molar-refractivity contribution < 1.29 is 4.39 Å². The van der Waals surface area contributed by atoms with E-state index in [-0.39, 0.29) is 33.9 Å². The fraction of sp³-hybridized carbons (Fsp3) is 0.750. The average molecular weight is 375 g/mol. The highest BCUT2D eigenvalue weighted by molar-refractivity contribution is 5.32. The Balaban J connectivity index is 1.86. The Labute approximate surface area is 165 Å². The van der Waals surface area contributed by atoms with Gasteiger partial charge >= 0.3 is 0 Å². The largest absolute Gasteiger partial charge is 0.307 e. The van der Waals surface area contributed by atoms with Crippen LogP contribution >= 0.6 is 0 Å². The van der Waals surface area contributed by atoms with Crippen molar-refractivity contribution in [3.63, 3.8) is 0 Å². The molecule has 3 heteroatoms.